The number of phenolic OH excluding ortho intramolecular Hbond substituents is 1. The van der Waals surface area contributed by atoms with Crippen molar-refractivity contribution in [2.45, 2.75) is 12.6 Å². The van der Waals surface area contributed by atoms with Gasteiger partial charge in [-0.2, -0.15) is 0 Å². The molecular formula is C13H21NO4. The molecule has 18 heavy (non-hydrogen) atoms. The summed E-state index contributed by atoms with van der Waals surface area (Å²) in [4.78, 5) is 0. The molecule has 0 aliphatic carbocycles. The molecule has 0 radical (unpaired) electrons. The number of phenols is 1. The molecule has 0 heterocycles. The minimum Gasteiger partial charge on any atom is -0.504 e. The molecule has 1 aromatic rings. The molecule has 1 aromatic carbocycles. The molecule has 5 heteroatoms. The molecule has 0 aromatic heterocycles. The summed E-state index contributed by atoms with van der Waals surface area (Å²) in [6.45, 7) is 1.90. The third-order valence-electron chi connectivity index (χ3n) is 2.63. The lowest BCUT2D eigenvalue weighted by molar-refractivity contribution is 0.0288. The number of hydrogen-bond acceptors (Lipinski definition) is 5. The molecule has 0 bridgehead atoms. The van der Waals surface area contributed by atoms with Crippen molar-refractivity contribution in [3.63, 3.8) is 0 Å². The van der Waals surface area contributed by atoms with Crippen LogP contribution in [0.1, 0.15) is 5.56 Å². The van der Waals surface area contributed by atoms with Crippen LogP contribution in [0.2, 0.25) is 0 Å². The van der Waals surface area contributed by atoms with E-state index in [4.69, 9.17) is 14.2 Å². The van der Waals surface area contributed by atoms with Crippen LogP contribution in [0.15, 0.2) is 18.2 Å². The Labute approximate surface area is 108 Å². The molecular weight excluding hydrogens is 234 g/mol. The highest BCUT2D eigenvalue weighted by molar-refractivity contribution is 5.41. The molecule has 0 fully saturated rings. The number of aromatic hydroxyl groups is 1. The number of methoxy groups -OCH3 is 3. The maximum Gasteiger partial charge on any atom is 0.160 e. The SMILES string of the molecule is COCC(CNCc1ccc(OC)c(O)c1)OC. The van der Waals surface area contributed by atoms with Gasteiger partial charge in [-0.15, -0.1) is 0 Å². The Balaban J connectivity index is 2.41. The van der Waals surface area contributed by atoms with Crippen molar-refractivity contribution in [1.29, 1.82) is 0 Å². The van der Waals surface area contributed by atoms with Gasteiger partial charge in [-0.25, -0.2) is 0 Å². The maximum absolute atomic E-state index is 9.63. The fourth-order valence-electron chi connectivity index (χ4n) is 1.62. The summed E-state index contributed by atoms with van der Waals surface area (Å²) >= 11 is 0. The van der Waals surface area contributed by atoms with Crippen LogP contribution < -0.4 is 10.1 Å². The lowest BCUT2D eigenvalue weighted by Gasteiger charge is -2.15. The van der Waals surface area contributed by atoms with Crippen molar-refractivity contribution in [2.24, 2.45) is 0 Å². The van der Waals surface area contributed by atoms with E-state index in [1.807, 2.05) is 6.07 Å². The zero-order valence-corrected chi connectivity index (χ0v) is 11.1. The quantitative estimate of drug-likeness (QED) is 0.730. The molecule has 0 saturated heterocycles. The topological polar surface area (TPSA) is 60.0 Å². The molecule has 1 unspecified atom stereocenters. The first-order valence-corrected chi connectivity index (χ1v) is 5.79. The summed E-state index contributed by atoms with van der Waals surface area (Å²) in [7, 11) is 4.83. The average molecular weight is 255 g/mol. The molecule has 5 nitrogen and oxygen atoms in total. The van der Waals surface area contributed by atoms with Gasteiger partial charge in [0.15, 0.2) is 11.5 Å². The molecule has 1 rings (SSSR count). The summed E-state index contributed by atoms with van der Waals surface area (Å²) in [5, 5.41) is 12.9. The number of nitrogens with one attached hydrogen (secondary N) is 1. The predicted molar refractivity (Wildman–Crippen MR) is 69.0 cm³/mol. The van der Waals surface area contributed by atoms with Gasteiger partial charge in [0.2, 0.25) is 0 Å². The zero-order valence-electron chi connectivity index (χ0n) is 11.1. The highest BCUT2D eigenvalue weighted by Crippen LogP contribution is 2.25. The van der Waals surface area contributed by atoms with Gasteiger partial charge in [0.1, 0.15) is 0 Å². The fraction of sp³-hybridized carbons (Fsp3) is 0.538. The van der Waals surface area contributed by atoms with Crippen molar-refractivity contribution >= 4 is 0 Å². The van der Waals surface area contributed by atoms with Crippen molar-refractivity contribution in [2.75, 3.05) is 34.5 Å². The Morgan fingerprint density at radius 2 is 2.06 bits per heavy atom. The zero-order chi connectivity index (χ0) is 13.4. The largest absolute Gasteiger partial charge is 0.504 e. The normalized spacial score (nSPS) is 12.4. The van der Waals surface area contributed by atoms with Crippen LogP contribution in [0.4, 0.5) is 0 Å². The monoisotopic (exact) mass is 255 g/mol. The Bertz CT molecular complexity index is 357. The Morgan fingerprint density at radius 1 is 1.28 bits per heavy atom. The second-order valence-corrected chi connectivity index (χ2v) is 3.95. The molecule has 0 amide bonds. The third kappa shape index (κ3) is 4.52. The molecule has 1 atom stereocenters. The van der Waals surface area contributed by atoms with Crippen molar-refractivity contribution < 1.29 is 19.3 Å². The summed E-state index contributed by atoms with van der Waals surface area (Å²) in [5.41, 5.74) is 0.987. The van der Waals surface area contributed by atoms with E-state index in [9.17, 15) is 5.11 Å². The first-order chi connectivity index (χ1) is 8.71. The minimum atomic E-state index is 0.0295. The minimum absolute atomic E-state index is 0.0295. The van der Waals surface area contributed by atoms with Crippen LogP contribution in [-0.2, 0) is 16.0 Å². The van der Waals surface area contributed by atoms with E-state index in [1.54, 1.807) is 26.4 Å². The molecule has 0 aliphatic rings. The van der Waals surface area contributed by atoms with E-state index >= 15 is 0 Å². The van der Waals surface area contributed by atoms with E-state index in [0.717, 1.165) is 5.56 Å². The van der Waals surface area contributed by atoms with Crippen LogP contribution in [0, 0.1) is 0 Å². The van der Waals surface area contributed by atoms with Crippen molar-refractivity contribution in [1.82, 2.24) is 5.32 Å². The van der Waals surface area contributed by atoms with Crippen LogP contribution >= 0.6 is 0 Å². The van der Waals surface area contributed by atoms with E-state index < -0.39 is 0 Å². The first kappa shape index (κ1) is 14.8. The Kier molecular flexibility index (Phi) is 6.49. The molecule has 102 valence electrons. The number of benzene rings is 1. The van der Waals surface area contributed by atoms with Gasteiger partial charge in [-0.1, -0.05) is 6.07 Å². The van der Waals surface area contributed by atoms with E-state index in [0.29, 0.717) is 25.4 Å². The van der Waals surface area contributed by atoms with Gasteiger partial charge in [0.05, 0.1) is 19.8 Å². The maximum atomic E-state index is 9.63. The number of ether oxygens (including phenoxy) is 3. The highest BCUT2D eigenvalue weighted by atomic mass is 16.5. The standard InChI is InChI=1S/C13H21NO4/c1-16-9-11(17-2)8-14-7-10-4-5-13(18-3)12(15)6-10/h4-6,11,14-15H,7-9H2,1-3H3. The smallest absolute Gasteiger partial charge is 0.160 e. The number of hydrogen-bond donors (Lipinski definition) is 2. The van der Waals surface area contributed by atoms with Gasteiger partial charge in [-0.3, -0.25) is 0 Å². The van der Waals surface area contributed by atoms with E-state index in [-0.39, 0.29) is 11.9 Å². The highest BCUT2D eigenvalue weighted by Gasteiger charge is 2.06. The van der Waals surface area contributed by atoms with Crippen LogP contribution in [0.25, 0.3) is 0 Å². The van der Waals surface area contributed by atoms with Crippen LogP contribution in [-0.4, -0.2) is 45.7 Å². The van der Waals surface area contributed by atoms with Crippen LogP contribution in [0.5, 0.6) is 11.5 Å². The van der Waals surface area contributed by atoms with Crippen LogP contribution in [0.3, 0.4) is 0 Å². The summed E-state index contributed by atoms with van der Waals surface area (Å²) in [6.07, 6.45) is 0.0295. The lowest BCUT2D eigenvalue weighted by atomic mass is 10.2. The fourth-order valence-corrected chi connectivity index (χ4v) is 1.62. The lowest BCUT2D eigenvalue weighted by Crippen LogP contribution is -2.31. The van der Waals surface area contributed by atoms with Gasteiger partial charge in [0.25, 0.3) is 0 Å². The van der Waals surface area contributed by atoms with E-state index in [1.165, 1.54) is 7.11 Å². The molecule has 0 spiro atoms. The average Bonchev–Trinajstić information content (AvgIpc) is 2.38. The van der Waals surface area contributed by atoms with Gasteiger partial charge in [0, 0.05) is 27.3 Å². The second kappa shape index (κ2) is 7.92. The predicted octanol–water partition coefficient (Wildman–Crippen LogP) is 1.15. The molecule has 0 aliphatic heterocycles. The Hall–Kier alpha value is -1.30. The van der Waals surface area contributed by atoms with Gasteiger partial charge < -0.3 is 24.6 Å². The van der Waals surface area contributed by atoms with Crippen molar-refractivity contribution in [3.05, 3.63) is 23.8 Å². The third-order valence-corrected chi connectivity index (χ3v) is 2.63. The van der Waals surface area contributed by atoms with Gasteiger partial charge >= 0.3 is 0 Å². The molecule has 0 saturated carbocycles. The molecule has 2 N–H and O–H groups in total. The Morgan fingerprint density at radius 3 is 2.61 bits per heavy atom. The summed E-state index contributed by atoms with van der Waals surface area (Å²) in [6, 6.07) is 5.34. The second-order valence-electron chi connectivity index (χ2n) is 3.95. The van der Waals surface area contributed by atoms with Gasteiger partial charge in [-0.05, 0) is 17.7 Å². The van der Waals surface area contributed by atoms with E-state index in [2.05, 4.69) is 5.32 Å². The number of rotatable bonds is 8. The first-order valence-electron chi connectivity index (χ1n) is 5.79. The summed E-state index contributed by atoms with van der Waals surface area (Å²) < 4.78 is 15.2. The van der Waals surface area contributed by atoms with Crippen molar-refractivity contribution in [3.8, 4) is 11.5 Å². The summed E-state index contributed by atoms with van der Waals surface area (Å²) in [5.74, 6) is 0.630.